The summed E-state index contributed by atoms with van der Waals surface area (Å²) in [5, 5.41) is 10.3. The average molecular weight is 654 g/mol. The molecule has 0 aliphatic carbocycles. The second-order valence-electron chi connectivity index (χ2n) is 11.9. The molecule has 1 fully saturated rings. The van der Waals surface area contributed by atoms with Crippen molar-refractivity contribution in [1.29, 1.82) is 0 Å². The van der Waals surface area contributed by atoms with Gasteiger partial charge in [0.25, 0.3) is 11.8 Å². The molecule has 0 radical (unpaired) electrons. The number of nitrogens with one attached hydrogen (secondary N) is 2. The van der Waals surface area contributed by atoms with Gasteiger partial charge in [-0.2, -0.15) is 0 Å². The summed E-state index contributed by atoms with van der Waals surface area (Å²) in [6.45, 7) is 5.53. The number of carbonyl (C=O) groups is 4. The van der Waals surface area contributed by atoms with Gasteiger partial charge in [0, 0.05) is 46.6 Å². The fourth-order valence-electron chi connectivity index (χ4n) is 5.09. The Morgan fingerprint density at radius 2 is 1.77 bits per heavy atom. The number of hydrogen-bond acceptors (Lipinski definition) is 7. The van der Waals surface area contributed by atoms with Crippen molar-refractivity contribution in [2.45, 2.75) is 51.7 Å². The van der Waals surface area contributed by atoms with Crippen LogP contribution in [0.3, 0.4) is 0 Å². The standard InChI is InChI=1S/C35H32ClN5O6/c1-35(2,3)47-34(46)40-39-31(42)25-19-29(38-28-15-16-37-20-26(25)28)23-11-8-21(9-12-23)7-10-22-13-14-24(18-27(22)36)32(43)41-17-5-4-6-30(41)33(44)45/h8-9,11-16,18-20,30H,4-6,17H2,1-3H3,(H,39,42)(H,40,46)(H,44,45)/t30-/m0/s1. The molecule has 2 aromatic carbocycles. The van der Waals surface area contributed by atoms with Gasteiger partial charge in [0.2, 0.25) is 0 Å². The van der Waals surface area contributed by atoms with E-state index in [0.717, 1.165) is 18.4 Å². The molecular formula is C35H32ClN5O6. The Morgan fingerprint density at radius 1 is 1.00 bits per heavy atom. The normalized spacial score (nSPS) is 14.5. The van der Waals surface area contributed by atoms with E-state index in [1.165, 1.54) is 17.2 Å². The van der Waals surface area contributed by atoms with Crippen molar-refractivity contribution in [3.8, 4) is 23.1 Å². The Kier molecular flexibility index (Phi) is 9.72. The number of hydrazine groups is 1. The number of nitrogens with zero attached hydrogens (tertiary/aromatic N) is 3. The Balaban J connectivity index is 1.32. The van der Waals surface area contributed by atoms with Gasteiger partial charge in [0.1, 0.15) is 11.6 Å². The summed E-state index contributed by atoms with van der Waals surface area (Å²) < 4.78 is 5.18. The molecule has 1 saturated heterocycles. The number of ether oxygens (including phenoxy) is 1. The summed E-state index contributed by atoms with van der Waals surface area (Å²) in [6.07, 6.45) is 4.25. The number of benzene rings is 2. The van der Waals surface area contributed by atoms with Crippen LogP contribution in [-0.2, 0) is 9.53 Å². The summed E-state index contributed by atoms with van der Waals surface area (Å²) in [7, 11) is 0. The lowest BCUT2D eigenvalue weighted by atomic mass is 10.0. The Morgan fingerprint density at radius 3 is 2.47 bits per heavy atom. The van der Waals surface area contributed by atoms with Crippen molar-refractivity contribution < 1.29 is 29.0 Å². The number of aliphatic carboxylic acids is 1. The second-order valence-corrected chi connectivity index (χ2v) is 12.3. The van der Waals surface area contributed by atoms with Crippen molar-refractivity contribution in [3.05, 3.63) is 94.3 Å². The molecule has 3 heterocycles. The van der Waals surface area contributed by atoms with Gasteiger partial charge in [0.15, 0.2) is 0 Å². The van der Waals surface area contributed by atoms with E-state index < -0.39 is 29.6 Å². The number of carbonyl (C=O) groups excluding carboxylic acids is 3. The minimum Gasteiger partial charge on any atom is -0.480 e. The summed E-state index contributed by atoms with van der Waals surface area (Å²) in [6, 6.07) is 14.5. The number of pyridine rings is 2. The highest BCUT2D eigenvalue weighted by Crippen LogP contribution is 2.26. The first-order valence-corrected chi connectivity index (χ1v) is 15.3. The van der Waals surface area contributed by atoms with E-state index in [-0.39, 0.29) is 16.5 Å². The van der Waals surface area contributed by atoms with E-state index in [4.69, 9.17) is 16.3 Å². The summed E-state index contributed by atoms with van der Waals surface area (Å²) in [4.78, 5) is 60.0. The van der Waals surface area contributed by atoms with Crippen molar-refractivity contribution in [1.82, 2.24) is 25.7 Å². The van der Waals surface area contributed by atoms with Crippen LogP contribution < -0.4 is 10.9 Å². The van der Waals surface area contributed by atoms with Gasteiger partial charge in [-0.05, 0) is 82.5 Å². The summed E-state index contributed by atoms with van der Waals surface area (Å²) in [5.74, 6) is 4.15. The molecule has 11 nitrogen and oxygen atoms in total. The van der Waals surface area contributed by atoms with Gasteiger partial charge in [-0.25, -0.2) is 20.0 Å². The molecule has 3 N–H and O–H groups in total. The molecule has 5 rings (SSSR count). The number of amides is 3. The minimum absolute atomic E-state index is 0.258. The van der Waals surface area contributed by atoms with Gasteiger partial charge in [0.05, 0.1) is 21.8 Å². The van der Waals surface area contributed by atoms with E-state index in [1.807, 2.05) is 12.1 Å². The topological polar surface area (TPSA) is 151 Å². The third-order valence-corrected chi connectivity index (χ3v) is 7.63. The highest BCUT2D eigenvalue weighted by molar-refractivity contribution is 6.32. The predicted molar refractivity (Wildman–Crippen MR) is 176 cm³/mol. The molecule has 240 valence electrons. The minimum atomic E-state index is -1.01. The zero-order valence-corrected chi connectivity index (χ0v) is 26.7. The molecule has 4 aromatic rings. The van der Waals surface area contributed by atoms with E-state index in [2.05, 4.69) is 32.7 Å². The van der Waals surface area contributed by atoms with Crippen molar-refractivity contribution in [2.75, 3.05) is 6.54 Å². The van der Waals surface area contributed by atoms with Crippen LogP contribution in [0.1, 0.15) is 71.9 Å². The maximum absolute atomic E-state index is 13.1. The van der Waals surface area contributed by atoms with Crippen LogP contribution in [0.2, 0.25) is 5.02 Å². The number of likely N-dealkylation sites (tertiary alicyclic amines) is 1. The monoisotopic (exact) mass is 653 g/mol. The Hall–Kier alpha value is -5.47. The highest BCUT2D eigenvalue weighted by atomic mass is 35.5. The number of carboxylic acids is 1. The predicted octanol–water partition coefficient (Wildman–Crippen LogP) is 5.60. The maximum atomic E-state index is 13.1. The first-order chi connectivity index (χ1) is 22.4. The van der Waals surface area contributed by atoms with Crippen LogP contribution in [0.4, 0.5) is 4.79 Å². The van der Waals surface area contributed by atoms with Gasteiger partial charge in [-0.1, -0.05) is 35.6 Å². The zero-order chi connectivity index (χ0) is 33.7. The quantitative estimate of drug-likeness (QED) is 0.190. The molecule has 0 spiro atoms. The van der Waals surface area contributed by atoms with Gasteiger partial charge in [-0.15, -0.1) is 0 Å². The smallest absolute Gasteiger partial charge is 0.426 e. The van der Waals surface area contributed by atoms with Gasteiger partial charge in [-0.3, -0.25) is 20.0 Å². The van der Waals surface area contributed by atoms with Crippen LogP contribution in [0.15, 0.2) is 67.0 Å². The van der Waals surface area contributed by atoms with Crippen LogP contribution in [0.25, 0.3) is 22.2 Å². The van der Waals surface area contributed by atoms with E-state index >= 15 is 0 Å². The number of hydrogen-bond donors (Lipinski definition) is 3. The van der Waals surface area contributed by atoms with Crippen molar-refractivity contribution in [3.63, 3.8) is 0 Å². The molecule has 0 unspecified atom stereocenters. The lowest BCUT2D eigenvalue weighted by Crippen LogP contribution is -2.47. The number of aromatic nitrogens is 2. The molecule has 1 aliphatic rings. The fourth-order valence-corrected chi connectivity index (χ4v) is 5.32. The lowest BCUT2D eigenvalue weighted by molar-refractivity contribution is -0.143. The molecule has 2 aromatic heterocycles. The van der Waals surface area contributed by atoms with E-state index in [9.17, 15) is 24.3 Å². The summed E-state index contributed by atoms with van der Waals surface area (Å²) in [5.41, 5.74) is 7.47. The largest absolute Gasteiger partial charge is 0.480 e. The lowest BCUT2D eigenvalue weighted by Gasteiger charge is -2.33. The molecule has 0 bridgehead atoms. The fraction of sp³-hybridized carbons (Fsp3) is 0.257. The number of carboxylic acid groups (broad SMARTS) is 1. The number of fused-ring (bicyclic) bond motifs is 1. The van der Waals surface area contributed by atoms with E-state index in [0.29, 0.717) is 46.3 Å². The SMILES string of the molecule is CC(C)(C)OC(=O)NNC(=O)c1cc(-c2ccc(C#Cc3ccc(C(=O)N4CCCC[C@H]4C(=O)O)cc3Cl)cc2)nc2ccncc12. The molecule has 12 heteroatoms. The Bertz CT molecular complexity index is 1930. The van der Waals surface area contributed by atoms with E-state index in [1.54, 1.807) is 63.4 Å². The first kappa shape index (κ1) is 32.9. The van der Waals surface area contributed by atoms with Crippen molar-refractivity contribution >= 4 is 46.4 Å². The molecule has 0 saturated carbocycles. The molecule has 3 amide bonds. The number of rotatable bonds is 4. The molecular weight excluding hydrogens is 622 g/mol. The van der Waals surface area contributed by atoms with Crippen LogP contribution in [-0.4, -0.2) is 62.0 Å². The third-order valence-electron chi connectivity index (χ3n) is 7.32. The van der Waals surface area contributed by atoms with Crippen LogP contribution in [0.5, 0.6) is 0 Å². The van der Waals surface area contributed by atoms with Crippen LogP contribution in [0, 0.1) is 11.8 Å². The average Bonchev–Trinajstić information content (AvgIpc) is 3.05. The number of piperidine rings is 1. The Labute approximate surface area is 276 Å². The maximum Gasteiger partial charge on any atom is 0.426 e. The van der Waals surface area contributed by atoms with Crippen molar-refractivity contribution in [2.24, 2.45) is 0 Å². The third kappa shape index (κ3) is 8.04. The second kappa shape index (κ2) is 13.9. The van der Waals surface area contributed by atoms with Gasteiger partial charge >= 0.3 is 12.1 Å². The van der Waals surface area contributed by atoms with Crippen LogP contribution >= 0.6 is 11.6 Å². The van der Waals surface area contributed by atoms with Gasteiger partial charge < -0.3 is 14.7 Å². The highest BCUT2D eigenvalue weighted by Gasteiger charge is 2.32. The summed E-state index contributed by atoms with van der Waals surface area (Å²) >= 11 is 6.47. The molecule has 1 aliphatic heterocycles. The molecule has 1 atom stereocenters. The zero-order valence-electron chi connectivity index (χ0n) is 26.0. The number of halogens is 1. The first-order valence-electron chi connectivity index (χ1n) is 14.9. The molecule has 47 heavy (non-hydrogen) atoms.